The van der Waals surface area contributed by atoms with Crippen LogP contribution >= 0.6 is 0 Å². The molecule has 0 aliphatic heterocycles. The molecule has 0 radical (unpaired) electrons. The van der Waals surface area contributed by atoms with Gasteiger partial charge in [0.05, 0.1) is 32.4 Å². The van der Waals surface area contributed by atoms with Gasteiger partial charge in [-0.25, -0.2) is 0 Å². The lowest BCUT2D eigenvalue weighted by atomic mass is 9.94. The third-order valence-electron chi connectivity index (χ3n) is 4.99. The lowest BCUT2D eigenvalue weighted by molar-refractivity contribution is 0.414. The van der Waals surface area contributed by atoms with Gasteiger partial charge in [0.1, 0.15) is 17.2 Å². The summed E-state index contributed by atoms with van der Waals surface area (Å²) in [4.78, 5) is 16.0. The minimum atomic E-state index is -0.165. The Morgan fingerprint density at radius 3 is 1.69 bits per heavy atom. The summed E-state index contributed by atoms with van der Waals surface area (Å²) in [6, 6.07) is 21.0. The summed E-state index contributed by atoms with van der Waals surface area (Å²) in [7, 11) is 4.86. The summed E-state index contributed by atoms with van der Waals surface area (Å²) in [5, 5.41) is 1.43. The number of aromatic nitrogens is 1. The molecule has 0 fully saturated rings. The predicted molar refractivity (Wildman–Crippen MR) is 115 cm³/mol. The number of H-pyrrole nitrogens is 1. The van der Waals surface area contributed by atoms with Crippen molar-refractivity contribution in [1.29, 1.82) is 0 Å². The van der Waals surface area contributed by atoms with Crippen molar-refractivity contribution in [3.8, 4) is 39.6 Å². The summed E-state index contributed by atoms with van der Waals surface area (Å²) in [5.74, 6) is 2.17. The smallest absolute Gasteiger partial charge is 0.256 e. The molecule has 0 unspecified atom stereocenters. The van der Waals surface area contributed by atoms with Crippen LogP contribution in [0.2, 0.25) is 0 Å². The van der Waals surface area contributed by atoms with E-state index >= 15 is 0 Å². The van der Waals surface area contributed by atoms with Gasteiger partial charge in [-0.2, -0.15) is 0 Å². The molecule has 0 amide bonds. The van der Waals surface area contributed by atoms with Gasteiger partial charge >= 0.3 is 0 Å². The standard InChI is InChI=1S/C24H21NO4/c1-27-17-8-4-15(5-9-17)22-20-13-12-19(29-3)14-21(20)24(26)25-23(22)16-6-10-18(28-2)11-7-16/h4-14H,1-3H3,(H,25,26). The second kappa shape index (κ2) is 7.72. The molecule has 3 aromatic carbocycles. The van der Waals surface area contributed by atoms with Crippen molar-refractivity contribution in [3.63, 3.8) is 0 Å². The zero-order valence-corrected chi connectivity index (χ0v) is 16.5. The lowest BCUT2D eigenvalue weighted by Gasteiger charge is -2.15. The summed E-state index contributed by atoms with van der Waals surface area (Å²) in [6.45, 7) is 0. The molecule has 0 spiro atoms. The van der Waals surface area contributed by atoms with Crippen LogP contribution < -0.4 is 19.8 Å². The van der Waals surface area contributed by atoms with Gasteiger partial charge in [0.15, 0.2) is 0 Å². The highest BCUT2D eigenvalue weighted by atomic mass is 16.5. The fourth-order valence-corrected chi connectivity index (χ4v) is 3.47. The summed E-state index contributed by atoms with van der Waals surface area (Å²) in [6.07, 6.45) is 0. The molecule has 0 atom stereocenters. The third kappa shape index (κ3) is 3.43. The van der Waals surface area contributed by atoms with Gasteiger partial charge < -0.3 is 19.2 Å². The van der Waals surface area contributed by atoms with Crippen LogP contribution in [0.15, 0.2) is 71.5 Å². The number of hydrogen-bond donors (Lipinski definition) is 1. The quantitative estimate of drug-likeness (QED) is 0.530. The maximum Gasteiger partial charge on any atom is 0.256 e. The summed E-state index contributed by atoms with van der Waals surface area (Å²) in [5.41, 5.74) is 3.40. The van der Waals surface area contributed by atoms with Gasteiger partial charge in [0.2, 0.25) is 0 Å². The van der Waals surface area contributed by atoms with Crippen LogP contribution in [0.25, 0.3) is 33.2 Å². The van der Waals surface area contributed by atoms with E-state index in [4.69, 9.17) is 14.2 Å². The molecule has 146 valence electrons. The zero-order chi connectivity index (χ0) is 20.4. The lowest BCUT2D eigenvalue weighted by Crippen LogP contribution is -2.09. The van der Waals surface area contributed by atoms with E-state index in [1.807, 2.05) is 60.7 Å². The van der Waals surface area contributed by atoms with E-state index in [0.29, 0.717) is 11.1 Å². The molecule has 1 heterocycles. The second-order valence-electron chi connectivity index (χ2n) is 6.57. The van der Waals surface area contributed by atoms with Crippen LogP contribution in [0, 0.1) is 0 Å². The first-order valence-corrected chi connectivity index (χ1v) is 9.17. The van der Waals surface area contributed by atoms with E-state index in [9.17, 15) is 4.79 Å². The van der Waals surface area contributed by atoms with Crippen LogP contribution in [-0.4, -0.2) is 26.3 Å². The van der Waals surface area contributed by atoms with Crippen molar-refractivity contribution in [1.82, 2.24) is 4.98 Å². The molecule has 5 nitrogen and oxygen atoms in total. The average molecular weight is 387 g/mol. The molecular weight excluding hydrogens is 366 g/mol. The summed E-state index contributed by atoms with van der Waals surface area (Å²) < 4.78 is 15.9. The van der Waals surface area contributed by atoms with Gasteiger partial charge in [-0.3, -0.25) is 4.79 Å². The minimum Gasteiger partial charge on any atom is -0.497 e. The number of fused-ring (bicyclic) bond motifs is 1. The molecule has 5 heteroatoms. The topological polar surface area (TPSA) is 60.6 Å². The Balaban J connectivity index is 2.03. The van der Waals surface area contributed by atoms with Gasteiger partial charge in [-0.15, -0.1) is 0 Å². The molecule has 0 bridgehead atoms. The third-order valence-corrected chi connectivity index (χ3v) is 4.99. The second-order valence-corrected chi connectivity index (χ2v) is 6.57. The molecule has 0 saturated heterocycles. The number of aromatic amines is 1. The normalized spacial score (nSPS) is 10.7. The Morgan fingerprint density at radius 1 is 0.621 bits per heavy atom. The van der Waals surface area contributed by atoms with Crippen molar-refractivity contribution in [2.75, 3.05) is 21.3 Å². The SMILES string of the molecule is COc1ccc(-c2[nH]c(=O)c3cc(OC)ccc3c2-c2ccc(OC)cc2)cc1. The van der Waals surface area contributed by atoms with E-state index in [2.05, 4.69) is 4.98 Å². The Labute approximate surface area is 168 Å². The van der Waals surface area contributed by atoms with Crippen LogP contribution in [0.3, 0.4) is 0 Å². The molecule has 0 saturated carbocycles. The first-order valence-electron chi connectivity index (χ1n) is 9.17. The molecule has 1 aromatic heterocycles. The maximum atomic E-state index is 12.9. The Morgan fingerprint density at radius 2 is 1.14 bits per heavy atom. The molecule has 4 aromatic rings. The predicted octanol–water partition coefficient (Wildman–Crippen LogP) is 4.89. The Bertz CT molecular complexity index is 1210. The highest BCUT2D eigenvalue weighted by Gasteiger charge is 2.16. The minimum absolute atomic E-state index is 0.165. The monoisotopic (exact) mass is 387 g/mol. The van der Waals surface area contributed by atoms with Crippen LogP contribution in [0.1, 0.15) is 0 Å². The molecule has 29 heavy (non-hydrogen) atoms. The van der Waals surface area contributed by atoms with E-state index in [1.165, 1.54) is 0 Å². The number of pyridine rings is 1. The number of methoxy groups -OCH3 is 3. The number of benzene rings is 3. The Hall–Kier alpha value is -3.73. The number of nitrogens with one attached hydrogen (secondary N) is 1. The van der Waals surface area contributed by atoms with Gasteiger partial charge in [-0.1, -0.05) is 12.1 Å². The van der Waals surface area contributed by atoms with Crippen molar-refractivity contribution >= 4 is 10.8 Å². The van der Waals surface area contributed by atoms with Gasteiger partial charge in [0, 0.05) is 5.56 Å². The van der Waals surface area contributed by atoms with Crippen molar-refractivity contribution in [2.45, 2.75) is 0 Å². The van der Waals surface area contributed by atoms with Crippen molar-refractivity contribution in [3.05, 3.63) is 77.1 Å². The van der Waals surface area contributed by atoms with Crippen LogP contribution in [0.4, 0.5) is 0 Å². The van der Waals surface area contributed by atoms with E-state index in [0.717, 1.165) is 39.3 Å². The maximum absolute atomic E-state index is 12.9. The molecule has 1 N–H and O–H groups in total. The molecular formula is C24H21NO4. The van der Waals surface area contributed by atoms with E-state index in [-0.39, 0.29) is 5.56 Å². The molecule has 4 rings (SSSR count). The largest absolute Gasteiger partial charge is 0.497 e. The van der Waals surface area contributed by atoms with Crippen molar-refractivity contribution < 1.29 is 14.2 Å². The Kier molecular flexibility index (Phi) is 4.96. The number of ether oxygens (including phenoxy) is 3. The van der Waals surface area contributed by atoms with Crippen LogP contribution in [-0.2, 0) is 0 Å². The fraction of sp³-hybridized carbons (Fsp3) is 0.125. The first-order chi connectivity index (χ1) is 14.1. The van der Waals surface area contributed by atoms with E-state index < -0.39 is 0 Å². The van der Waals surface area contributed by atoms with Crippen molar-refractivity contribution in [2.24, 2.45) is 0 Å². The van der Waals surface area contributed by atoms with Gasteiger partial charge in [-0.05, 0) is 71.1 Å². The number of rotatable bonds is 5. The van der Waals surface area contributed by atoms with E-state index in [1.54, 1.807) is 27.4 Å². The molecule has 0 aliphatic rings. The van der Waals surface area contributed by atoms with Crippen LogP contribution in [0.5, 0.6) is 17.2 Å². The fourth-order valence-electron chi connectivity index (χ4n) is 3.47. The average Bonchev–Trinajstić information content (AvgIpc) is 2.79. The zero-order valence-electron chi connectivity index (χ0n) is 16.5. The first kappa shape index (κ1) is 18.6. The van der Waals surface area contributed by atoms with Gasteiger partial charge in [0.25, 0.3) is 5.56 Å². The highest BCUT2D eigenvalue weighted by Crippen LogP contribution is 2.37. The highest BCUT2D eigenvalue weighted by molar-refractivity contribution is 6.02. The number of hydrogen-bond acceptors (Lipinski definition) is 4. The summed E-state index contributed by atoms with van der Waals surface area (Å²) >= 11 is 0. The molecule has 0 aliphatic carbocycles.